The monoisotopic (exact) mass is 268 g/mol. The summed E-state index contributed by atoms with van der Waals surface area (Å²) in [4.78, 5) is 10.8. The molecule has 0 saturated heterocycles. The molecule has 6 nitrogen and oxygen atoms in total. The number of rotatable bonds is 6. The fraction of sp³-hybridized carbons (Fsp3) is 0.273. The van der Waals surface area contributed by atoms with E-state index in [-0.39, 0.29) is 0 Å². The molecule has 1 aromatic carbocycles. The van der Waals surface area contributed by atoms with Gasteiger partial charge in [0, 0.05) is 30.4 Å². The van der Waals surface area contributed by atoms with Crippen LogP contribution in [0, 0.1) is 0 Å². The van der Waals surface area contributed by atoms with E-state index in [1.807, 2.05) is 0 Å². The Kier molecular flexibility index (Phi) is 5.19. The zero-order chi connectivity index (χ0) is 13.5. The van der Waals surface area contributed by atoms with Crippen molar-refractivity contribution in [1.82, 2.24) is 5.32 Å². The lowest BCUT2D eigenvalue weighted by Crippen LogP contribution is -2.33. The van der Waals surface area contributed by atoms with E-state index in [1.54, 1.807) is 25.3 Å². The average Bonchev–Trinajstić information content (AvgIpc) is 2.33. The van der Waals surface area contributed by atoms with Gasteiger partial charge in [0.1, 0.15) is 10.7 Å². The van der Waals surface area contributed by atoms with Crippen molar-refractivity contribution in [3.8, 4) is 5.75 Å². The Hall–Kier alpha value is -2.02. The number of urea groups is 1. The number of carbonyl (C=O) groups excluding carboxylic acids is 1. The van der Waals surface area contributed by atoms with Crippen LogP contribution in [0.15, 0.2) is 18.2 Å². The molecule has 0 fully saturated rings. The minimum absolute atomic E-state index is 0.294. The molecule has 18 heavy (non-hydrogen) atoms. The van der Waals surface area contributed by atoms with E-state index in [0.717, 1.165) is 11.3 Å². The van der Waals surface area contributed by atoms with Crippen LogP contribution in [0.5, 0.6) is 5.75 Å². The molecule has 6 N–H and O–H groups in total. The summed E-state index contributed by atoms with van der Waals surface area (Å²) in [6, 6.07) is 4.79. The van der Waals surface area contributed by atoms with Crippen LogP contribution in [0.3, 0.4) is 0 Å². The molecular weight excluding hydrogens is 252 g/mol. The molecule has 98 valence electrons. The first-order chi connectivity index (χ1) is 8.54. The summed E-state index contributed by atoms with van der Waals surface area (Å²) in [7, 11) is 1.58. The molecule has 1 aromatic rings. The summed E-state index contributed by atoms with van der Waals surface area (Å²) >= 11 is 4.96. The number of primary amides is 1. The van der Waals surface area contributed by atoms with Gasteiger partial charge in [0.05, 0.1) is 7.11 Å². The van der Waals surface area contributed by atoms with Crippen molar-refractivity contribution in [3.05, 3.63) is 23.8 Å². The lowest BCUT2D eigenvalue weighted by atomic mass is 10.1. The Labute approximate surface area is 111 Å². The Morgan fingerprint density at radius 2 is 2.11 bits per heavy atom. The predicted octanol–water partition coefficient (Wildman–Crippen LogP) is 0.410. The van der Waals surface area contributed by atoms with Gasteiger partial charge in [-0.1, -0.05) is 12.2 Å². The molecule has 0 spiro atoms. The van der Waals surface area contributed by atoms with Gasteiger partial charge in [-0.2, -0.15) is 0 Å². The largest absolute Gasteiger partial charge is 0.497 e. The number of amides is 2. The molecule has 0 aromatic heterocycles. The fourth-order valence-corrected chi connectivity index (χ4v) is 1.57. The SMILES string of the molecule is COc1ccc(C(N)=S)c(NCCNC(N)=O)c1. The highest BCUT2D eigenvalue weighted by Crippen LogP contribution is 2.22. The van der Waals surface area contributed by atoms with Crippen molar-refractivity contribution in [2.45, 2.75) is 0 Å². The molecule has 0 aliphatic heterocycles. The van der Waals surface area contributed by atoms with Crippen molar-refractivity contribution < 1.29 is 9.53 Å². The van der Waals surface area contributed by atoms with Gasteiger partial charge in [-0.05, 0) is 12.1 Å². The fourth-order valence-electron chi connectivity index (χ4n) is 1.39. The molecule has 0 aliphatic rings. The molecule has 1 rings (SSSR count). The maximum Gasteiger partial charge on any atom is 0.312 e. The Morgan fingerprint density at radius 1 is 1.39 bits per heavy atom. The Balaban J connectivity index is 2.71. The second kappa shape index (κ2) is 6.65. The molecule has 2 amide bonds. The molecular formula is C11H16N4O2S. The molecule has 0 heterocycles. The first-order valence-corrected chi connectivity index (χ1v) is 5.70. The lowest BCUT2D eigenvalue weighted by Gasteiger charge is -2.12. The highest BCUT2D eigenvalue weighted by molar-refractivity contribution is 7.80. The van der Waals surface area contributed by atoms with Gasteiger partial charge >= 0.3 is 6.03 Å². The smallest absolute Gasteiger partial charge is 0.312 e. The summed E-state index contributed by atoms with van der Waals surface area (Å²) in [5.74, 6) is 0.695. The van der Waals surface area contributed by atoms with Crippen molar-refractivity contribution in [1.29, 1.82) is 0 Å². The standard InChI is InChI=1S/C11H16N4O2S/c1-17-7-2-3-8(10(12)18)9(6-7)14-4-5-15-11(13)16/h2-3,6,14H,4-5H2,1H3,(H2,12,18)(H3,13,15,16). The van der Waals surface area contributed by atoms with Crippen molar-refractivity contribution in [2.75, 3.05) is 25.5 Å². The quantitative estimate of drug-likeness (QED) is 0.442. The van der Waals surface area contributed by atoms with Crippen LogP contribution in [-0.4, -0.2) is 31.2 Å². The van der Waals surface area contributed by atoms with Gasteiger partial charge in [0.2, 0.25) is 0 Å². The maximum atomic E-state index is 10.5. The van der Waals surface area contributed by atoms with Crippen LogP contribution in [0.1, 0.15) is 5.56 Å². The van der Waals surface area contributed by atoms with E-state index in [1.165, 1.54) is 0 Å². The molecule has 0 aliphatic carbocycles. The van der Waals surface area contributed by atoms with Crippen molar-refractivity contribution in [2.24, 2.45) is 11.5 Å². The van der Waals surface area contributed by atoms with E-state index in [2.05, 4.69) is 10.6 Å². The van der Waals surface area contributed by atoms with E-state index >= 15 is 0 Å². The van der Waals surface area contributed by atoms with Gasteiger partial charge in [0.15, 0.2) is 0 Å². The molecule has 0 bridgehead atoms. The number of methoxy groups -OCH3 is 1. The second-order valence-electron chi connectivity index (χ2n) is 3.49. The third-order valence-electron chi connectivity index (χ3n) is 2.23. The molecule has 0 radical (unpaired) electrons. The summed E-state index contributed by atoms with van der Waals surface area (Å²) in [6.45, 7) is 0.912. The highest BCUT2D eigenvalue weighted by atomic mass is 32.1. The number of carbonyl (C=O) groups is 1. The minimum atomic E-state index is -0.558. The normalized spacial score (nSPS) is 9.61. The number of benzene rings is 1. The summed E-state index contributed by atoms with van der Waals surface area (Å²) in [5.41, 5.74) is 12.1. The zero-order valence-corrected chi connectivity index (χ0v) is 10.8. The zero-order valence-electron chi connectivity index (χ0n) is 10.0. The maximum absolute atomic E-state index is 10.5. The molecule has 0 atom stereocenters. The van der Waals surface area contributed by atoms with Gasteiger partial charge < -0.3 is 26.8 Å². The number of hydrogen-bond acceptors (Lipinski definition) is 4. The summed E-state index contributed by atoms with van der Waals surface area (Å²) < 4.78 is 5.12. The third-order valence-corrected chi connectivity index (χ3v) is 2.45. The summed E-state index contributed by atoms with van der Waals surface area (Å²) in [5, 5.41) is 5.58. The number of ether oxygens (including phenoxy) is 1. The predicted molar refractivity (Wildman–Crippen MR) is 75.0 cm³/mol. The second-order valence-corrected chi connectivity index (χ2v) is 3.93. The van der Waals surface area contributed by atoms with Gasteiger partial charge in [-0.25, -0.2) is 4.79 Å². The van der Waals surface area contributed by atoms with Crippen LogP contribution >= 0.6 is 12.2 Å². The van der Waals surface area contributed by atoms with Gasteiger partial charge in [0.25, 0.3) is 0 Å². The van der Waals surface area contributed by atoms with Crippen LogP contribution in [0.4, 0.5) is 10.5 Å². The summed E-state index contributed by atoms with van der Waals surface area (Å²) in [6.07, 6.45) is 0. The molecule has 0 saturated carbocycles. The van der Waals surface area contributed by atoms with Crippen molar-refractivity contribution >= 4 is 28.9 Å². The molecule has 7 heteroatoms. The van der Waals surface area contributed by atoms with E-state index < -0.39 is 6.03 Å². The first-order valence-electron chi connectivity index (χ1n) is 5.29. The van der Waals surface area contributed by atoms with Crippen LogP contribution in [0.25, 0.3) is 0 Å². The average molecular weight is 268 g/mol. The Morgan fingerprint density at radius 3 is 2.67 bits per heavy atom. The van der Waals surface area contributed by atoms with Crippen LogP contribution in [0.2, 0.25) is 0 Å². The number of thiocarbonyl (C=S) groups is 1. The number of nitrogens with one attached hydrogen (secondary N) is 2. The van der Waals surface area contributed by atoms with Gasteiger partial charge in [-0.15, -0.1) is 0 Å². The first kappa shape index (κ1) is 14.0. The van der Waals surface area contributed by atoms with E-state index in [4.69, 9.17) is 28.4 Å². The van der Waals surface area contributed by atoms with Crippen molar-refractivity contribution in [3.63, 3.8) is 0 Å². The topological polar surface area (TPSA) is 102 Å². The Bertz CT molecular complexity index is 451. The number of hydrogen-bond donors (Lipinski definition) is 4. The van der Waals surface area contributed by atoms with E-state index in [0.29, 0.717) is 23.8 Å². The van der Waals surface area contributed by atoms with E-state index in [9.17, 15) is 4.79 Å². The number of anilines is 1. The van der Waals surface area contributed by atoms with Crippen LogP contribution < -0.4 is 26.8 Å². The highest BCUT2D eigenvalue weighted by Gasteiger charge is 2.06. The van der Waals surface area contributed by atoms with Crippen LogP contribution in [-0.2, 0) is 0 Å². The minimum Gasteiger partial charge on any atom is -0.497 e. The third kappa shape index (κ3) is 4.10. The van der Waals surface area contributed by atoms with Gasteiger partial charge in [-0.3, -0.25) is 0 Å². The lowest BCUT2D eigenvalue weighted by molar-refractivity contribution is 0.249. The number of nitrogens with two attached hydrogens (primary N) is 2. The molecule has 0 unspecified atom stereocenters.